The van der Waals surface area contributed by atoms with Crippen LogP contribution in [0.15, 0.2) is 67.2 Å². The first-order valence-corrected chi connectivity index (χ1v) is 16.4. The minimum atomic E-state index is 0.145. The van der Waals surface area contributed by atoms with Crippen molar-refractivity contribution < 1.29 is 19.1 Å². The molecule has 0 aliphatic carbocycles. The molecule has 0 fully saturated rings. The smallest absolute Gasteiger partial charge is 0.219 e. The molecule has 1 amide bonds. The Morgan fingerprint density at radius 2 is 1.33 bits per heavy atom. The summed E-state index contributed by atoms with van der Waals surface area (Å²) >= 11 is 11.8. The van der Waals surface area contributed by atoms with Gasteiger partial charge in [0.25, 0.3) is 0 Å². The molecule has 0 aliphatic heterocycles. The largest absolute Gasteiger partial charge is 0.493 e. The molecule has 0 aromatic heterocycles. The van der Waals surface area contributed by atoms with Crippen LogP contribution >= 0.6 is 23.2 Å². The minimum absolute atomic E-state index is 0.145. The van der Waals surface area contributed by atoms with Gasteiger partial charge < -0.3 is 19.6 Å². The second kappa shape index (κ2) is 24.4. The molecule has 8 heteroatoms. The van der Waals surface area contributed by atoms with Gasteiger partial charge in [-0.15, -0.1) is 0 Å². The molecule has 0 aliphatic rings. The van der Waals surface area contributed by atoms with E-state index in [2.05, 4.69) is 56.1 Å². The maximum Gasteiger partial charge on any atom is 0.219 e. The topological polar surface area (TPSA) is 88.4 Å². The van der Waals surface area contributed by atoms with E-state index in [0.29, 0.717) is 48.5 Å². The minimum Gasteiger partial charge on any atom is -0.493 e. The molecule has 1 N–H and O–H groups in total. The fourth-order valence-corrected chi connectivity index (χ4v) is 4.28. The van der Waals surface area contributed by atoms with Gasteiger partial charge in [-0.3, -0.25) is 4.79 Å². The number of rotatable bonds is 11. The zero-order chi connectivity index (χ0) is 35.1. The highest BCUT2D eigenvalue weighted by Gasteiger charge is 2.16. The van der Waals surface area contributed by atoms with Crippen molar-refractivity contribution in [2.45, 2.75) is 80.1 Å². The van der Waals surface area contributed by atoms with E-state index in [0.717, 1.165) is 40.4 Å². The Morgan fingerprint density at radius 3 is 1.67 bits per heavy atom. The number of ether oxygens (including phenoxy) is 2. The Hall–Kier alpha value is -3.79. The third-order valence-corrected chi connectivity index (χ3v) is 7.20. The second-order valence-corrected chi connectivity index (χ2v) is 11.1. The summed E-state index contributed by atoms with van der Waals surface area (Å²) in [6.45, 7) is 21.3. The van der Waals surface area contributed by atoms with Crippen LogP contribution in [-0.2, 0) is 9.59 Å². The SMILES string of the molecule is C=C(C)c1cc(OCC)c(C#N)cc1OCC.CC(c1ccc(Cl)cc1)C(C)c1ccc(Cl)cc1.CC=O.CCCNC(=O)CC. The van der Waals surface area contributed by atoms with Crippen LogP contribution in [0.3, 0.4) is 0 Å². The first-order valence-electron chi connectivity index (χ1n) is 15.6. The fourth-order valence-electron chi connectivity index (χ4n) is 4.03. The Morgan fingerprint density at radius 1 is 0.891 bits per heavy atom. The van der Waals surface area contributed by atoms with E-state index in [4.69, 9.17) is 42.7 Å². The highest BCUT2D eigenvalue weighted by atomic mass is 35.5. The number of benzene rings is 3. The van der Waals surface area contributed by atoms with Crippen molar-refractivity contribution in [3.8, 4) is 17.6 Å². The average Bonchev–Trinajstić information content (AvgIpc) is 3.05. The number of nitrogens with zero attached hydrogens (tertiary/aromatic N) is 1. The van der Waals surface area contributed by atoms with Crippen molar-refractivity contribution in [2.75, 3.05) is 19.8 Å². The van der Waals surface area contributed by atoms with Crippen LogP contribution in [-0.4, -0.2) is 32.0 Å². The number of carbonyl (C=O) groups excluding carboxylic acids is 2. The predicted molar refractivity (Wildman–Crippen MR) is 193 cm³/mol. The monoisotopic (exact) mass is 668 g/mol. The molecular weight excluding hydrogens is 619 g/mol. The van der Waals surface area contributed by atoms with Crippen molar-refractivity contribution in [1.29, 1.82) is 5.26 Å². The quantitative estimate of drug-likeness (QED) is 0.205. The summed E-state index contributed by atoms with van der Waals surface area (Å²) in [6, 6.07) is 21.8. The van der Waals surface area contributed by atoms with Crippen LogP contribution in [0.1, 0.15) is 102 Å². The number of nitrogens with one attached hydrogen (secondary N) is 1. The van der Waals surface area contributed by atoms with Crippen LogP contribution in [0.25, 0.3) is 5.57 Å². The van der Waals surface area contributed by atoms with Gasteiger partial charge in [-0.1, -0.05) is 81.7 Å². The van der Waals surface area contributed by atoms with E-state index < -0.39 is 0 Å². The first kappa shape index (κ1) is 42.2. The summed E-state index contributed by atoms with van der Waals surface area (Å²) < 4.78 is 10.9. The number of carbonyl (C=O) groups is 2. The second-order valence-electron chi connectivity index (χ2n) is 10.2. The van der Waals surface area contributed by atoms with E-state index in [9.17, 15) is 4.79 Å². The van der Waals surface area contributed by atoms with Gasteiger partial charge in [0.15, 0.2) is 0 Å². The van der Waals surface area contributed by atoms with E-state index in [1.54, 1.807) is 6.07 Å². The molecule has 3 aromatic rings. The van der Waals surface area contributed by atoms with Crippen LogP contribution in [0.2, 0.25) is 10.0 Å². The van der Waals surface area contributed by atoms with Gasteiger partial charge in [-0.2, -0.15) is 5.26 Å². The lowest BCUT2D eigenvalue weighted by molar-refractivity contribution is -0.120. The molecule has 0 bridgehead atoms. The number of nitriles is 1. The summed E-state index contributed by atoms with van der Waals surface area (Å²) in [4.78, 5) is 19.3. The molecule has 0 radical (unpaired) electrons. The number of aldehydes is 1. The number of halogens is 2. The molecule has 2 atom stereocenters. The Bertz CT molecular complexity index is 1320. The van der Waals surface area contributed by atoms with Gasteiger partial charge >= 0.3 is 0 Å². The molecule has 0 saturated carbocycles. The molecule has 46 heavy (non-hydrogen) atoms. The summed E-state index contributed by atoms with van der Waals surface area (Å²) in [5, 5.41) is 13.4. The molecule has 3 rings (SSSR count). The molecule has 2 unspecified atom stereocenters. The Labute approximate surface area is 286 Å². The van der Waals surface area contributed by atoms with Gasteiger partial charge in [0.05, 0.1) is 18.8 Å². The van der Waals surface area contributed by atoms with E-state index >= 15 is 0 Å². The van der Waals surface area contributed by atoms with E-state index in [-0.39, 0.29) is 5.91 Å². The predicted octanol–water partition coefficient (Wildman–Crippen LogP) is 10.4. The van der Waals surface area contributed by atoms with Crippen LogP contribution in [0.4, 0.5) is 0 Å². The standard InChI is InChI=1S/C16H16Cl2.C14H17NO2.C6H13NO.C2H4O/c1-11(13-3-7-15(17)8-4-13)12(2)14-5-9-16(18)10-6-14;1-5-16-13-8-12(10(3)4)14(17-6-2)7-11(13)9-15;1-3-5-7-6(8)4-2;1-2-3/h3-12H,1-2H3;7-8H,3,5-6H2,1-2,4H3;3-5H2,1-2H3,(H,7,8);2H,1H3. The van der Waals surface area contributed by atoms with Gasteiger partial charge in [-0.05, 0) is 93.0 Å². The van der Waals surface area contributed by atoms with Gasteiger partial charge in [-0.25, -0.2) is 0 Å². The molecular formula is C38H50Cl2N2O4. The third-order valence-electron chi connectivity index (χ3n) is 6.70. The van der Waals surface area contributed by atoms with Crippen LogP contribution in [0.5, 0.6) is 11.5 Å². The first-order chi connectivity index (χ1) is 21.9. The molecule has 250 valence electrons. The maximum absolute atomic E-state index is 10.5. The average molecular weight is 670 g/mol. The van der Waals surface area contributed by atoms with E-state index in [1.165, 1.54) is 18.1 Å². The summed E-state index contributed by atoms with van der Waals surface area (Å²) in [5.74, 6) is 2.30. The summed E-state index contributed by atoms with van der Waals surface area (Å²) in [7, 11) is 0. The highest BCUT2D eigenvalue weighted by molar-refractivity contribution is 6.30. The van der Waals surface area contributed by atoms with Crippen molar-refractivity contribution >= 4 is 41.0 Å². The number of allylic oxidation sites excluding steroid dienone is 1. The van der Waals surface area contributed by atoms with E-state index in [1.807, 2.05) is 65.0 Å². The van der Waals surface area contributed by atoms with Crippen LogP contribution in [0, 0.1) is 11.3 Å². The van der Waals surface area contributed by atoms with Crippen molar-refractivity contribution in [3.63, 3.8) is 0 Å². The lowest BCUT2D eigenvalue weighted by atomic mass is 9.84. The third kappa shape index (κ3) is 16.0. The normalized spacial score (nSPS) is 10.9. The van der Waals surface area contributed by atoms with Crippen molar-refractivity contribution in [3.05, 3.63) is 99.5 Å². The molecule has 3 aromatic carbocycles. The number of amides is 1. The number of hydrogen-bond acceptors (Lipinski definition) is 5. The molecule has 0 saturated heterocycles. The molecule has 0 heterocycles. The summed E-state index contributed by atoms with van der Waals surface area (Å²) in [5.41, 5.74) is 4.87. The molecule has 0 spiro atoms. The lowest BCUT2D eigenvalue weighted by Gasteiger charge is -2.21. The van der Waals surface area contributed by atoms with Gasteiger partial charge in [0.2, 0.25) is 5.91 Å². The summed E-state index contributed by atoms with van der Waals surface area (Å²) in [6.07, 6.45) is 2.37. The Kier molecular flexibility index (Phi) is 22.4. The van der Waals surface area contributed by atoms with Gasteiger partial charge in [0, 0.05) is 34.6 Å². The van der Waals surface area contributed by atoms with Crippen LogP contribution < -0.4 is 14.8 Å². The zero-order valence-corrected chi connectivity index (χ0v) is 30.1. The zero-order valence-electron chi connectivity index (χ0n) is 28.6. The highest BCUT2D eigenvalue weighted by Crippen LogP contribution is 2.34. The lowest BCUT2D eigenvalue weighted by Crippen LogP contribution is -2.22. The van der Waals surface area contributed by atoms with Crippen molar-refractivity contribution in [1.82, 2.24) is 5.32 Å². The fraction of sp³-hybridized carbons (Fsp3) is 0.395. The van der Waals surface area contributed by atoms with Gasteiger partial charge in [0.1, 0.15) is 23.9 Å². The van der Waals surface area contributed by atoms with Crippen molar-refractivity contribution in [2.24, 2.45) is 0 Å². The molecule has 6 nitrogen and oxygen atoms in total. The number of hydrogen-bond donors (Lipinski definition) is 1. The maximum atomic E-state index is 10.5. The Balaban J connectivity index is 0.000000673.